The summed E-state index contributed by atoms with van der Waals surface area (Å²) in [6.45, 7) is 5.08. The number of aromatic nitrogens is 2. The van der Waals surface area contributed by atoms with Crippen LogP contribution < -0.4 is 10.6 Å². The molecular formula is C15H19ClN4O. The van der Waals surface area contributed by atoms with E-state index in [2.05, 4.69) is 9.97 Å². The summed E-state index contributed by atoms with van der Waals surface area (Å²) in [7, 11) is 0. The van der Waals surface area contributed by atoms with Crippen LogP contribution in [-0.2, 0) is 0 Å². The van der Waals surface area contributed by atoms with E-state index in [1.54, 1.807) is 6.07 Å². The van der Waals surface area contributed by atoms with Crippen LogP contribution in [0, 0.1) is 6.92 Å². The van der Waals surface area contributed by atoms with Crippen molar-refractivity contribution in [2.75, 3.05) is 23.7 Å². The molecule has 112 valence electrons. The zero-order valence-electron chi connectivity index (χ0n) is 12.1. The zero-order valence-corrected chi connectivity index (χ0v) is 12.9. The predicted molar refractivity (Wildman–Crippen MR) is 85.5 cm³/mol. The number of aliphatic hydroxyl groups is 1. The monoisotopic (exact) mass is 306 g/mol. The molecule has 2 aromatic rings. The third kappa shape index (κ3) is 4.06. The molecule has 0 radical (unpaired) electrons. The van der Waals surface area contributed by atoms with Gasteiger partial charge in [0.25, 0.3) is 0 Å². The lowest BCUT2D eigenvalue weighted by Crippen LogP contribution is -2.29. The fourth-order valence-corrected chi connectivity index (χ4v) is 2.26. The van der Waals surface area contributed by atoms with Crippen molar-refractivity contribution >= 4 is 23.4 Å². The highest BCUT2D eigenvalue weighted by Crippen LogP contribution is 2.21. The lowest BCUT2D eigenvalue weighted by molar-refractivity contribution is 0.183. The number of rotatable bonds is 5. The molecule has 1 heterocycles. The van der Waals surface area contributed by atoms with Gasteiger partial charge in [0, 0.05) is 19.2 Å². The number of nitrogen functional groups attached to an aromatic ring is 1. The Morgan fingerprint density at radius 3 is 2.52 bits per heavy atom. The quantitative estimate of drug-likeness (QED) is 0.830. The molecule has 3 N–H and O–H groups in total. The molecule has 0 aliphatic rings. The molecule has 0 spiro atoms. The van der Waals surface area contributed by atoms with Crippen molar-refractivity contribution in [1.29, 1.82) is 0 Å². The van der Waals surface area contributed by atoms with Gasteiger partial charge in [-0.15, -0.1) is 0 Å². The lowest BCUT2D eigenvalue weighted by atomic mass is 10.1. The molecule has 0 bridgehead atoms. The summed E-state index contributed by atoms with van der Waals surface area (Å²) < 4.78 is 0. The second-order valence-electron chi connectivity index (χ2n) is 4.87. The van der Waals surface area contributed by atoms with Crippen molar-refractivity contribution in [2.45, 2.75) is 20.0 Å². The maximum Gasteiger partial charge on any atom is 0.223 e. The molecule has 21 heavy (non-hydrogen) atoms. The molecule has 0 aliphatic heterocycles. The van der Waals surface area contributed by atoms with E-state index < -0.39 is 6.10 Å². The molecule has 0 saturated heterocycles. The Hall–Kier alpha value is -1.85. The molecule has 0 aliphatic carbocycles. The summed E-state index contributed by atoms with van der Waals surface area (Å²) in [4.78, 5) is 9.92. The summed E-state index contributed by atoms with van der Waals surface area (Å²) in [6.07, 6.45) is -0.611. The summed E-state index contributed by atoms with van der Waals surface area (Å²) in [5, 5.41) is 10.7. The molecule has 0 amide bonds. The zero-order chi connectivity index (χ0) is 15.4. The number of benzene rings is 1. The van der Waals surface area contributed by atoms with Gasteiger partial charge in [0.15, 0.2) is 0 Å². The highest BCUT2D eigenvalue weighted by atomic mass is 35.5. The van der Waals surface area contributed by atoms with Gasteiger partial charge in [-0.2, -0.15) is 4.98 Å². The number of hydrogen-bond acceptors (Lipinski definition) is 5. The van der Waals surface area contributed by atoms with Crippen LogP contribution in [0.4, 0.5) is 11.8 Å². The first-order valence-corrected chi connectivity index (χ1v) is 7.17. The Bertz CT molecular complexity index is 583. The Morgan fingerprint density at radius 1 is 1.29 bits per heavy atom. The topological polar surface area (TPSA) is 75.3 Å². The molecule has 1 atom stereocenters. The SMILES string of the molecule is CCN(CC(O)c1ccc(C)cc1)c1cc(Cl)nc(N)n1. The number of aliphatic hydroxyl groups excluding tert-OH is 1. The molecule has 5 nitrogen and oxygen atoms in total. The number of aryl methyl sites for hydroxylation is 1. The highest BCUT2D eigenvalue weighted by molar-refractivity contribution is 6.29. The van der Waals surface area contributed by atoms with Gasteiger partial charge in [-0.3, -0.25) is 0 Å². The summed E-state index contributed by atoms with van der Waals surface area (Å²) in [5.74, 6) is 0.738. The summed E-state index contributed by atoms with van der Waals surface area (Å²) in [5.41, 5.74) is 7.64. The van der Waals surface area contributed by atoms with Gasteiger partial charge in [0.1, 0.15) is 11.0 Å². The van der Waals surface area contributed by atoms with E-state index in [4.69, 9.17) is 17.3 Å². The summed E-state index contributed by atoms with van der Waals surface area (Å²) in [6, 6.07) is 9.45. The van der Waals surface area contributed by atoms with Gasteiger partial charge in [-0.1, -0.05) is 41.4 Å². The third-order valence-electron chi connectivity index (χ3n) is 3.26. The van der Waals surface area contributed by atoms with Crippen molar-refractivity contribution in [2.24, 2.45) is 0 Å². The first-order valence-electron chi connectivity index (χ1n) is 6.79. The number of hydrogen-bond donors (Lipinski definition) is 2. The Morgan fingerprint density at radius 2 is 1.95 bits per heavy atom. The highest BCUT2D eigenvalue weighted by Gasteiger charge is 2.15. The van der Waals surface area contributed by atoms with Crippen LogP contribution >= 0.6 is 11.6 Å². The number of halogens is 1. The lowest BCUT2D eigenvalue weighted by Gasteiger charge is -2.25. The molecule has 2 rings (SSSR count). The van der Waals surface area contributed by atoms with Crippen LogP contribution in [0.25, 0.3) is 0 Å². The molecule has 6 heteroatoms. The van der Waals surface area contributed by atoms with Gasteiger partial charge in [0.2, 0.25) is 5.95 Å². The van der Waals surface area contributed by atoms with Crippen molar-refractivity contribution in [3.8, 4) is 0 Å². The first kappa shape index (κ1) is 15.5. The van der Waals surface area contributed by atoms with Crippen molar-refractivity contribution < 1.29 is 5.11 Å². The number of likely N-dealkylation sites (N-methyl/N-ethyl adjacent to an activating group) is 1. The minimum Gasteiger partial charge on any atom is -0.387 e. The van der Waals surface area contributed by atoms with Gasteiger partial charge >= 0.3 is 0 Å². The Labute approximate surface area is 129 Å². The van der Waals surface area contributed by atoms with E-state index in [1.165, 1.54) is 0 Å². The minimum absolute atomic E-state index is 0.126. The molecule has 0 fully saturated rings. The van der Waals surface area contributed by atoms with Crippen molar-refractivity contribution in [3.05, 3.63) is 46.6 Å². The van der Waals surface area contributed by atoms with E-state index in [-0.39, 0.29) is 5.95 Å². The normalized spacial score (nSPS) is 12.2. The second-order valence-corrected chi connectivity index (χ2v) is 5.26. The maximum absolute atomic E-state index is 10.4. The van der Waals surface area contributed by atoms with E-state index in [9.17, 15) is 5.11 Å². The number of nitrogens with two attached hydrogens (primary N) is 1. The standard InChI is InChI=1S/C15H19ClN4O/c1-3-20(14-8-13(16)18-15(17)19-14)9-12(21)11-6-4-10(2)5-7-11/h4-8,12,21H,3,9H2,1-2H3,(H2,17,18,19). The molecule has 0 saturated carbocycles. The van der Waals surface area contributed by atoms with Crippen LogP contribution in [0.5, 0.6) is 0 Å². The van der Waals surface area contributed by atoms with Gasteiger partial charge in [-0.25, -0.2) is 4.98 Å². The maximum atomic E-state index is 10.4. The molecule has 1 aromatic carbocycles. The van der Waals surface area contributed by atoms with E-state index in [0.717, 1.165) is 11.1 Å². The largest absolute Gasteiger partial charge is 0.387 e. The first-order chi connectivity index (χ1) is 9.99. The van der Waals surface area contributed by atoms with E-state index in [1.807, 2.05) is 43.0 Å². The minimum atomic E-state index is -0.611. The average Bonchev–Trinajstić information content (AvgIpc) is 2.44. The van der Waals surface area contributed by atoms with E-state index >= 15 is 0 Å². The van der Waals surface area contributed by atoms with Gasteiger partial charge in [-0.05, 0) is 19.4 Å². The predicted octanol–water partition coefficient (Wildman–Crippen LogP) is 2.58. The summed E-state index contributed by atoms with van der Waals surface area (Å²) >= 11 is 5.90. The van der Waals surface area contributed by atoms with Crippen LogP contribution in [0.15, 0.2) is 30.3 Å². The van der Waals surface area contributed by atoms with Gasteiger partial charge < -0.3 is 15.7 Å². The second kappa shape index (κ2) is 6.74. The van der Waals surface area contributed by atoms with Crippen LogP contribution in [-0.4, -0.2) is 28.2 Å². The fraction of sp³-hybridized carbons (Fsp3) is 0.333. The van der Waals surface area contributed by atoms with Crippen LogP contribution in [0.2, 0.25) is 5.15 Å². The molecule has 1 aromatic heterocycles. The van der Waals surface area contributed by atoms with Crippen molar-refractivity contribution in [1.82, 2.24) is 9.97 Å². The van der Waals surface area contributed by atoms with Crippen LogP contribution in [0.3, 0.4) is 0 Å². The van der Waals surface area contributed by atoms with E-state index in [0.29, 0.717) is 24.1 Å². The number of anilines is 2. The number of nitrogens with zero attached hydrogens (tertiary/aromatic N) is 3. The smallest absolute Gasteiger partial charge is 0.223 e. The Balaban J connectivity index is 2.16. The van der Waals surface area contributed by atoms with Crippen LogP contribution in [0.1, 0.15) is 24.2 Å². The Kier molecular flexibility index (Phi) is 4.98. The average molecular weight is 307 g/mol. The third-order valence-corrected chi connectivity index (χ3v) is 3.45. The van der Waals surface area contributed by atoms with Gasteiger partial charge in [0.05, 0.1) is 6.10 Å². The fourth-order valence-electron chi connectivity index (χ4n) is 2.07. The van der Waals surface area contributed by atoms with Crippen molar-refractivity contribution in [3.63, 3.8) is 0 Å². The molecule has 1 unspecified atom stereocenters. The molecular weight excluding hydrogens is 288 g/mol.